The van der Waals surface area contributed by atoms with Crippen molar-refractivity contribution in [2.45, 2.75) is 26.0 Å². The van der Waals surface area contributed by atoms with E-state index in [2.05, 4.69) is 15.0 Å². The Labute approximate surface area is 230 Å². The molecule has 3 aromatic carbocycles. The molecule has 0 radical (unpaired) electrons. The summed E-state index contributed by atoms with van der Waals surface area (Å²) in [7, 11) is 0. The second-order valence-corrected chi connectivity index (χ2v) is 9.19. The van der Waals surface area contributed by atoms with E-state index in [1.807, 2.05) is 0 Å². The molecule has 0 atom stereocenters. The average Bonchev–Trinajstić information content (AvgIpc) is 2.84. The predicted octanol–water partition coefficient (Wildman–Crippen LogP) is 6.94. The molecule has 0 saturated carbocycles. The SMILES string of the molecule is Cc1ccc(NC(=O)c2cc(Cl)c(O)c(Cl)c2)c2c(=O)n(Cc3ccccc3OC(F)(F)F)c(C(F)(F)F)nc12. The Balaban J connectivity index is 1.90. The maximum absolute atomic E-state index is 14.1. The molecule has 0 aliphatic heterocycles. The fourth-order valence-electron chi connectivity index (χ4n) is 3.84. The van der Waals surface area contributed by atoms with E-state index in [1.54, 1.807) is 0 Å². The van der Waals surface area contributed by atoms with Gasteiger partial charge in [-0.1, -0.05) is 47.5 Å². The normalized spacial score (nSPS) is 12.0. The zero-order valence-corrected chi connectivity index (χ0v) is 21.4. The van der Waals surface area contributed by atoms with Gasteiger partial charge >= 0.3 is 12.5 Å². The Kier molecular flexibility index (Phi) is 7.65. The minimum absolute atomic E-state index is 0.152. The average molecular weight is 606 g/mol. The van der Waals surface area contributed by atoms with Gasteiger partial charge in [-0.05, 0) is 36.8 Å². The number of benzene rings is 3. The number of phenolic OH excluding ortho intramolecular Hbond substituents is 1. The Bertz CT molecular complexity index is 1680. The monoisotopic (exact) mass is 605 g/mol. The molecule has 4 rings (SSSR count). The van der Waals surface area contributed by atoms with Crippen LogP contribution in [-0.4, -0.2) is 26.9 Å². The predicted molar refractivity (Wildman–Crippen MR) is 134 cm³/mol. The summed E-state index contributed by atoms with van der Waals surface area (Å²) in [6.07, 6.45) is -10.3. The van der Waals surface area contributed by atoms with E-state index in [-0.39, 0.29) is 37.0 Å². The highest BCUT2D eigenvalue weighted by atomic mass is 35.5. The van der Waals surface area contributed by atoms with Crippen LogP contribution in [0.5, 0.6) is 11.5 Å². The molecule has 1 aromatic heterocycles. The Morgan fingerprint density at radius 1 is 1.05 bits per heavy atom. The molecule has 0 fully saturated rings. The molecule has 0 spiro atoms. The number of fused-ring (bicyclic) bond motifs is 1. The van der Waals surface area contributed by atoms with E-state index in [4.69, 9.17) is 23.2 Å². The maximum Gasteiger partial charge on any atom is 0.573 e. The van der Waals surface area contributed by atoms with Gasteiger partial charge in [0.15, 0.2) is 5.75 Å². The van der Waals surface area contributed by atoms with E-state index in [0.717, 1.165) is 24.3 Å². The van der Waals surface area contributed by atoms with Crippen LogP contribution in [0.2, 0.25) is 10.0 Å². The van der Waals surface area contributed by atoms with Crippen molar-refractivity contribution in [3.05, 3.63) is 91.4 Å². The number of hydrogen-bond donors (Lipinski definition) is 2. The van der Waals surface area contributed by atoms with Crippen LogP contribution in [0.4, 0.5) is 32.0 Å². The molecule has 210 valence electrons. The lowest BCUT2D eigenvalue weighted by atomic mass is 10.1. The van der Waals surface area contributed by atoms with Gasteiger partial charge in [-0.25, -0.2) is 4.98 Å². The van der Waals surface area contributed by atoms with Crippen molar-refractivity contribution in [1.29, 1.82) is 0 Å². The molecule has 15 heteroatoms. The van der Waals surface area contributed by atoms with Gasteiger partial charge in [0, 0.05) is 11.1 Å². The molecule has 40 heavy (non-hydrogen) atoms. The highest BCUT2D eigenvalue weighted by Crippen LogP contribution is 2.35. The largest absolute Gasteiger partial charge is 0.573 e. The van der Waals surface area contributed by atoms with Crippen LogP contribution < -0.4 is 15.6 Å². The summed E-state index contributed by atoms with van der Waals surface area (Å²) in [5.41, 5.74) is -2.32. The minimum atomic E-state index is -5.18. The van der Waals surface area contributed by atoms with Gasteiger partial charge in [-0.15, -0.1) is 13.2 Å². The van der Waals surface area contributed by atoms with Crippen molar-refractivity contribution in [2.24, 2.45) is 0 Å². The topological polar surface area (TPSA) is 93.5 Å². The van der Waals surface area contributed by atoms with Crippen molar-refractivity contribution < 1.29 is 41.0 Å². The van der Waals surface area contributed by atoms with E-state index >= 15 is 0 Å². The molecule has 0 unspecified atom stereocenters. The second-order valence-electron chi connectivity index (χ2n) is 8.38. The number of nitrogens with one attached hydrogen (secondary N) is 1. The number of carbonyl (C=O) groups is 1. The van der Waals surface area contributed by atoms with Gasteiger partial charge in [0.25, 0.3) is 11.5 Å². The summed E-state index contributed by atoms with van der Waals surface area (Å²) in [6, 6.07) is 9.10. The number of aryl methyl sites for hydroxylation is 1. The van der Waals surface area contributed by atoms with Crippen molar-refractivity contribution in [3.8, 4) is 11.5 Å². The maximum atomic E-state index is 14.1. The number of nitrogens with zero attached hydrogens (tertiary/aromatic N) is 2. The zero-order chi connectivity index (χ0) is 29.6. The highest BCUT2D eigenvalue weighted by molar-refractivity contribution is 6.37. The molecule has 4 aromatic rings. The summed E-state index contributed by atoms with van der Waals surface area (Å²) in [4.78, 5) is 30.1. The quantitative estimate of drug-likeness (QED) is 0.240. The van der Waals surface area contributed by atoms with E-state index in [1.165, 1.54) is 31.2 Å². The lowest BCUT2D eigenvalue weighted by molar-refractivity contribution is -0.274. The molecule has 7 nitrogen and oxygen atoms in total. The molecule has 0 aliphatic carbocycles. The van der Waals surface area contributed by atoms with Gasteiger partial charge in [0.05, 0.1) is 33.2 Å². The Hall–Kier alpha value is -3.97. The van der Waals surface area contributed by atoms with Crippen LogP contribution in [-0.2, 0) is 12.7 Å². The molecule has 0 saturated heterocycles. The smallest absolute Gasteiger partial charge is 0.505 e. The van der Waals surface area contributed by atoms with Crippen LogP contribution in [0, 0.1) is 6.92 Å². The second kappa shape index (κ2) is 10.5. The fourth-order valence-corrected chi connectivity index (χ4v) is 4.33. The third-order valence-corrected chi connectivity index (χ3v) is 6.20. The van der Waals surface area contributed by atoms with Crippen LogP contribution in [0.1, 0.15) is 27.3 Å². The third-order valence-electron chi connectivity index (χ3n) is 5.62. The summed E-state index contributed by atoms with van der Waals surface area (Å²) < 4.78 is 84.9. The fraction of sp³-hybridized carbons (Fsp3) is 0.160. The standard InChI is InChI=1S/C25H15Cl2F6N3O4/c1-11-6-7-16(34-21(38)13-8-14(26)20(37)15(27)9-13)18-19(11)35-23(24(28,29)30)36(22(18)39)10-12-4-2-3-5-17(12)40-25(31,32)33/h2-9,37H,10H2,1H3,(H,34,38). The number of phenols is 1. The van der Waals surface area contributed by atoms with Gasteiger partial charge in [-0.3, -0.25) is 14.2 Å². The lowest BCUT2D eigenvalue weighted by Gasteiger charge is -2.19. The molecular weight excluding hydrogens is 591 g/mol. The number of alkyl halides is 6. The third kappa shape index (κ3) is 5.94. The number of hydrogen-bond acceptors (Lipinski definition) is 5. The molecular formula is C25H15Cl2F6N3O4. The molecule has 1 amide bonds. The molecule has 2 N–H and O–H groups in total. The van der Waals surface area contributed by atoms with Crippen molar-refractivity contribution in [3.63, 3.8) is 0 Å². The van der Waals surface area contributed by atoms with Crippen LogP contribution in [0.25, 0.3) is 10.9 Å². The number of para-hydroxylation sites is 1. The van der Waals surface area contributed by atoms with Gasteiger partial charge in [0.2, 0.25) is 5.82 Å². The first-order valence-electron chi connectivity index (χ1n) is 11.0. The van der Waals surface area contributed by atoms with Crippen LogP contribution in [0.15, 0.2) is 53.3 Å². The summed E-state index contributed by atoms with van der Waals surface area (Å²) >= 11 is 11.7. The number of anilines is 1. The van der Waals surface area contributed by atoms with Crippen LogP contribution in [0.3, 0.4) is 0 Å². The Morgan fingerprint density at radius 3 is 2.27 bits per heavy atom. The summed E-state index contributed by atoms with van der Waals surface area (Å²) in [6.45, 7) is 0.393. The molecule has 0 bridgehead atoms. The highest BCUT2D eigenvalue weighted by Gasteiger charge is 2.38. The first-order chi connectivity index (χ1) is 18.6. The summed E-state index contributed by atoms with van der Waals surface area (Å²) in [5, 5.41) is 11.2. The number of rotatable bonds is 5. The van der Waals surface area contributed by atoms with E-state index in [9.17, 15) is 41.0 Å². The van der Waals surface area contributed by atoms with E-state index < -0.39 is 58.8 Å². The van der Waals surface area contributed by atoms with Crippen molar-refractivity contribution in [2.75, 3.05) is 5.32 Å². The zero-order valence-electron chi connectivity index (χ0n) is 19.9. The number of carbonyl (C=O) groups excluding carboxylic acids is 1. The van der Waals surface area contributed by atoms with Crippen LogP contribution >= 0.6 is 23.2 Å². The lowest BCUT2D eigenvalue weighted by Crippen LogP contribution is -2.31. The van der Waals surface area contributed by atoms with E-state index in [0.29, 0.717) is 0 Å². The van der Waals surface area contributed by atoms with Gasteiger partial charge in [0.1, 0.15) is 5.75 Å². The number of aromatic nitrogens is 2. The molecule has 0 aliphatic rings. The molecule has 1 heterocycles. The number of amides is 1. The van der Waals surface area contributed by atoms with Gasteiger partial charge in [-0.2, -0.15) is 13.2 Å². The minimum Gasteiger partial charge on any atom is -0.505 e. The number of halogens is 8. The first kappa shape index (κ1) is 29.0. The first-order valence-corrected chi connectivity index (χ1v) is 11.8. The van der Waals surface area contributed by atoms with Crippen molar-refractivity contribution in [1.82, 2.24) is 9.55 Å². The van der Waals surface area contributed by atoms with Crippen molar-refractivity contribution >= 4 is 45.7 Å². The van der Waals surface area contributed by atoms with Gasteiger partial charge < -0.3 is 15.2 Å². The number of aromatic hydroxyl groups is 1. The Morgan fingerprint density at radius 2 is 1.68 bits per heavy atom. The summed E-state index contributed by atoms with van der Waals surface area (Å²) in [5.74, 6) is -3.85. The number of ether oxygens (including phenoxy) is 1.